The van der Waals surface area contributed by atoms with Crippen molar-refractivity contribution in [1.82, 2.24) is 9.47 Å². The van der Waals surface area contributed by atoms with Gasteiger partial charge in [0.2, 0.25) is 0 Å². The first-order valence-electron chi connectivity index (χ1n) is 9.65. The largest absolute Gasteiger partial charge is 0.493 e. The van der Waals surface area contributed by atoms with Crippen LogP contribution in [0, 0.1) is 0 Å². The molecule has 4 rings (SSSR count). The van der Waals surface area contributed by atoms with Gasteiger partial charge in [-0.1, -0.05) is 0 Å². The zero-order valence-electron chi connectivity index (χ0n) is 16.9. The van der Waals surface area contributed by atoms with Gasteiger partial charge in [-0.25, -0.2) is 0 Å². The highest BCUT2D eigenvalue weighted by atomic mass is 16.5. The molecule has 1 amide bonds. The summed E-state index contributed by atoms with van der Waals surface area (Å²) in [7, 11) is 3.28. The lowest BCUT2D eigenvalue weighted by molar-refractivity contribution is 0.0734. The van der Waals surface area contributed by atoms with E-state index in [9.17, 15) is 4.79 Å². The quantitative estimate of drug-likeness (QED) is 0.674. The number of nitrogens with zero attached hydrogens (tertiary/aromatic N) is 2. The molecule has 0 unspecified atom stereocenters. The number of benzene rings is 2. The van der Waals surface area contributed by atoms with E-state index in [1.54, 1.807) is 14.2 Å². The predicted octanol–water partition coefficient (Wildman–Crippen LogP) is 4.44. The van der Waals surface area contributed by atoms with Gasteiger partial charge in [0.05, 0.1) is 14.2 Å². The maximum Gasteiger partial charge on any atom is 0.254 e. The zero-order chi connectivity index (χ0) is 19.8. The lowest BCUT2D eigenvalue weighted by Gasteiger charge is -2.29. The summed E-state index contributed by atoms with van der Waals surface area (Å²) in [5.41, 5.74) is 4.22. The van der Waals surface area contributed by atoms with E-state index < -0.39 is 0 Å². The van der Waals surface area contributed by atoms with Crippen LogP contribution in [0.2, 0.25) is 0 Å². The molecule has 0 spiro atoms. The Labute approximate surface area is 165 Å². The molecule has 2 heterocycles. The Morgan fingerprint density at radius 2 is 1.71 bits per heavy atom. The number of methoxy groups -OCH3 is 2. The van der Waals surface area contributed by atoms with Crippen LogP contribution in [0.15, 0.2) is 42.6 Å². The van der Waals surface area contributed by atoms with Gasteiger partial charge in [0.1, 0.15) is 0 Å². The molecule has 1 aliphatic heterocycles. The molecule has 1 aromatic heterocycles. The maximum atomic E-state index is 13.1. The van der Waals surface area contributed by atoms with Crippen LogP contribution in [0.25, 0.3) is 10.9 Å². The van der Waals surface area contributed by atoms with Crippen LogP contribution in [-0.4, -0.2) is 36.1 Å². The number of hydrogen-bond donors (Lipinski definition) is 0. The lowest BCUT2D eigenvalue weighted by Crippen LogP contribution is -2.36. The Hall–Kier alpha value is -2.95. The maximum absolute atomic E-state index is 13.1. The molecule has 5 heteroatoms. The first kappa shape index (κ1) is 18.4. The van der Waals surface area contributed by atoms with Crippen LogP contribution in [0.3, 0.4) is 0 Å². The van der Waals surface area contributed by atoms with Crippen molar-refractivity contribution in [1.29, 1.82) is 0 Å². The summed E-state index contributed by atoms with van der Waals surface area (Å²) in [5.74, 6) is 1.51. The minimum atomic E-state index is 0.0691. The Morgan fingerprint density at radius 1 is 1.00 bits per heavy atom. The van der Waals surface area contributed by atoms with E-state index in [1.165, 1.54) is 5.56 Å². The molecule has 0 radical (unpaired) electrons. The number of hydrogen-bond acceptors (Lipinski definition) is 3. The van der Waals surface area contributed by atoms with Crippen LogP contribution in [0.5, 0.6) is 11.5 Å². The van der Waals surface area contributed by atoms with E-state index in [1.807, 2.05) is 35.2 Å². The Kier molecular flexibility index (Phi) is 4.75. The Balaban J connectivity index is 1.60. The Morgan fingerprint density at radius 3 is 2.39 bits per heavy atom. The van der Waals surface area contributed by atoms with Gasteiger partial charge in [-0.15, -0.1) is 0 Å². The van der Waals surface area contributed by atoms with E-state index in [0.29, 0.717) is 24.9 Å². The molecule has 0 atom stereocenters. The van der Waals surface area contributed by atoms with Gasteiger partial charge in [0.15, 0.2) is 11.5 Å². The Bertz CT molecular complexity index is 1040. The smallest absolute Gasteiger partial charge is 0.254 e. The summed E-state index contributed by atoms with van der Waals surface area (Å²) in [6.45, 7) is 5.60. The number of ether oxygens (including phenoxy) is 2. The fourth-order valence-electron chi connectivity index (χ4n) is 3.99. The second-order valence-electron chi connectivity index (χ2n) is 7.54. The van der Waals surface area contributed by atoms with E-state index in [0.717, 1.165) is 34.2 Å². The molecule has 0 saturated carbocycles. The van der Waals surface area contributed by atoms with Gasteiger partial charge in [-0.2, -0.15) is 0 Å². The van der Waals surface area contributed by atoms with Crippen LogP contribution in [0.1, 0.15) is 41.4 Å². The minimum Gasteiger partial charge on any atom is -0.493 e. The topological polar surface area (TPSA) is 43.7 Å². The number of carbonyl (C=O) groups is 1. The number of rotatable bonds is 4. The van der Waals surface area contributed by atoms with Gasteiger partial charge < -0.3 is 18.9 Å². The van der Waals surface area contributed by atoms with Gasteiger partial charge >= 0.3 is 0 Å². The molecule has 146 valence electrons. The van der Waals surface area contributed by atoms with Gasteiger partial charge in [-0.05, 0) is 67.8 Å². The molecule has 2 aromatic carbocycles. The summed E-state index contributed by atoms with van der Waals surface area (Å²) in [4.78, 5) is 15.0. The monoisotopic (exact) mass is 378 g/mol. The van der Waals surface area contributed by atoms with E-state index in [4.69, 9.17) is 9.47 Å². The zero-order valence-corrected chi connectivity index (χ0v) is 16.9. The highest BCUT2D eigenvalue weighted by Crippen LogP contribution is 2.33. The molecule has 5 nitrogen and oxygen atoms in total. The fraction of sp³-hybridized carbons (Fsp3) is 0.348. The third kappa shape index (κ3) is 3.11. The molecule has 3 aromatic rings. The third-order valence-corrected chi connectivity index (χ3v) is 5.53. The van der Waals surface area contributed by atoms with Crippen LogP contribution in [0.4, 0.5) is 0 Å². The summed E-state index contributed by atoms with van der Waals surface area (Å²) < 4.78 is 13.0. The molecular formula is C23H26N2O3. The van der Waals surface area contributed by atoms with E-state index in [-0.39, 0.29) is 5.91 Å². The fourth-order valence-corrected chi connectivity index (χ4v) is 3.99. The SMILES string of the molecule is COc1cc2c(cc1OC)CN(C(=O)c1ccc3c(ccn3C(C)C)c1)CC2. The summed E-state index contributed by atoms with van der Waals surface area (Å²) in [5, 5.41) is 1.10. The lowest BCUT2D eigenvalue weighted by atomic mass is 9.98. The minimum absolute atomic E-state index is 0.0691. The number of amides is 1. The van der Waals surface area contributed by atoms with Crippen molar-refractivity contribution in [2.75, 3.05) is 20.8 Å². The van der Waals surface area contributed by atoms with Crippen molar-refractivity contribution < 1.29 is 14.3 Å². The predicted molar refractivity (Wildman–Crippen MR) is 110 cm³/mol. The van der Waals surface area contributed by atoms with Crippen LogP contribution < -0.4 is 9.47 Å². The molecule has 0 aliphatic carbocycles. The van der Waals surface area contributed by atoms with Crippen LogP contribution >= 0.6 is 0 Å². The first-order chi connectivity index (χ1) is 13.5. The number of carbonyl (C=O) groups excluding carboxylic acids is 1. The second-order valence-corrected chi connectivity index (χ2v) is 7.54. The van der Waals surface area contributed by atoms with Gasteiger partial charge in [0.25, 0.3) is 5.91 Å². The normalized spacial score (nSPS) is 13.7. The molecule has 0 fully saturated rings. The average molecular weight is 378 g/mol. The highest BCUT2D eigenvalue weighted by Gasteiger charge is 2.24. The van der Waals surface area contributed by atoms with E-state index in [2.05, 4.69) is 30.7 Å². The standard InChI is InChI=1S/C23H26N2O3/c1-15(2)25-10-8-17-11-18(5-6-20(17)25)23(26)24-9-7-16-12-21(27-3)22(28-4)13-19(16)14-24/h5-6,8,10-13,15H,7,9,14H2,1-4H3. The second kappa shape index (κ2) is 7.23. The third-order valence-electron chi connectivity index (χ3n) is 5.53. The van der Waals surface area contributed by atoms with Crippen molar-refractivity contribution in [2.24, 2.45) is 0 Å². The summed E-state index contributed by atoms with van der Waals surface area (Å²) in [6, 6.07) is 12.5. The van der Waals surface area contributed by atoms with Gasteiger partial charge in [-0.3, -0.25) is 4.79 Å². The molecular weight excluding hydrogens is 352 g/mol. The molecule has 1 aliphatic rings. The molecule has 0 N–H and O–H groups in total. The molecule has 0 bridgehead atoms. The van der Waals surface area contributed by atoms with Crippen molar-refractivity contribution in [3.8, 4) is 11.5 Å². The number of aromatic nitrogens is 1. The summed E-state index contributed by atoms with van der Waals surface area (Å²) in [6.07, 6.45) is 2.90. The van der Waals surface area contributed by atoms with Gasteiger partial charge in [0, 0.05) is 41.8 Å². The summed E-state index contributed by atoms with van der Waals surface area (Å²) >= 11 is 0. The first-order valence-corrected chi connectivity index (χ1v) is 9.65. The average Bonchev–Trinajstić information content (AvgIpc) is 3.15. The highest BCUT2D eigenvalue weighted by molar-refractivity contribution is 5.98. The van der Waals surface area contributed by atoms with Crippen LogP contribution in [-0.2, 0) is 13.0 Å². The molecule has 28 heavy (non-hydrogen) atoms. The van der Waals surface area contributed by atoms with E-state index >= 15 is 0 Å². The van der Waals surface area contributed by atoms with Crippen molar-refractivity contribution in [2.45, 2.75) is 32.9 Å². The molecule has 0 saturated heterocycles. The van der Waals surface area contributed by atoms with Crippen molar-refractivity contribution >= 4 is 16.8 Å². The van der Waals surface area contributed by atoms with Crippen molar-refractivity contribution in [3.05, 3.63) is 59.3 Å². The number of fused-ring (bicyclic) bond motifs is 2. The van der Waals surface area contributed by atoms with Crippen molar-refractivity contribution in [3.63, 3.8) is 0 Å².